The number of hydrogen-bond acceptors (Lipinski definition) is 5. The van der Waals surface area contributed by atoms with Crippen molar-refractivity contribution < 1.29 is 5.11 Å². The number of rotatable bonds is 6. The monoisotopic (exact) mass is 379 g/mol. The summed E-state index contributed by atoms with van der Waals surface area (Å²) in [6.45, 7) is -0.0369. The van der Waals surface area contributed by atoms with Crippen molar-refractivity contribution in [2.24, 2.45) is 0 Å². The molecule has 0 aliphatic carbocycles. The van der Waals surface area contributed by atoms with Crippen LogP contribution in [0.1, 0.15) is 5.56 Å². The molecule has 0 saturated heterocycles. The lowest BCUT2D eigenvalue weighted by Gasteiger charge is -2.17. The van der Waals surface area contributed by atoms with E-state index >= 15 is 0 Å². The van der Waals surface area contributed by atoms with Crippen LogP contribution in [-0.4, -0.2) is 37.5 Å². The van der Waals surface area contributed by atoms with Crippen LogP contribution in [0.15, 0.2) is 66.9 Å². The summed E-state index contributed by atoms with van der Waals surface area (Å²) in [5.41, 5.74) is 2.62. The Labute approximate surface area is 161 Å². The zero-order chi connectivity index (χ0) is 18.6. The molecule has 2 heterocycles. The number of anilines is 1. The smallest absolute Gasteiger partial charge is 0.226 e. The first-order valence-electron chi connectivity index (χ1n) is 8.62. The zero-order valence-corrected chi connectivity index (χ0v) is 15.2. The van der Waals surface area contributed by atoms with E-state index in [9.17, 15) is 5.11 Å². The summed E-state index contributed by atoms with van der Waals surface area (Å²) in [5, 5.41) is 18.4. The molecule has 27 heavy (non-hydrogen) atoms. The van der Waals surface area contributed by atoms with Gasteiger partial charge in [-0.25, -0.2) is 4.68 Å². The summed E-state index contributed by atoms with van der Waals surface area (Å²) < 4.78 is 1.72. The van der Waals surface area contributed by atoms with Crippen molar-refractivity contribution in [1.82, 2.24) is 19.7 Å². The van der Waals surface area contributed by atoms with E-state index < -0.39 is 0 Å². The van der Waals surface area contributed by atoms with Gasteiger partial charge in [0.2, 0.25) is 5.28 Å². The van der Waals surface area contributed by atoms with Gasteiger partial charge in [0.15, 0.2) is 5.65 Å². The molecule has 7 heteroatoms. The van der Waals surface area contributed by atoms with E-state index in [1.54, 1.807) is 10.9 Å². The summed E-state index contributed by atoms with van der Waals surface area (Å²) in [5.74, 6) is 0.558. The summed E-state index contributed by atoms with van der Waals surface area (Å²) >= 11 is 6.16. The molecule has 0 bridgehead atoms. The maximum absolute atomic E-state index is 9.81. The number of para-hydroxylation sites is 1. The summed E-state index contributed by atoms with van der Waals surface area (Å²) in [6, 6.07) is 19.5. The number of halogens is 1. The fraction of sp³-hybridized carbons (Fsp3) is 0.150. The lowest BCUT2D eigenvalue weighted by atomic mass is 10.1. The van der Waals surface area contributed by atoms with Crippen LogP contribution in [0.3, 0.4) is 0 Å². The highest BCUT2D eigenvalue weighted by Crippen LogP contribution is 2.25. The first-order chi connectivity index (χ1) is 13.2. The minimum absolute atomic E-state index is 0.0369. The van der Waals surface area contributed by atoms with E-state index in [-0.39, 0.29) is 17.9 Å². The highest BCUT2D eigenvalue weighted by Gasteiger charge is 2.16. The van der Waals surface area contributed by atoms with Crippen LogP contribution in [0.5, 0.6) is 0 Å². The van der Waals surface area contributed by atoms with E-state index in [2.05, 4.69) is 20.4 Å². The second-order valence-corrected chi connectivity index (χ2v) is 6.52. The Hall–Kier alpha value is -2.96. The maximum atomic E-state index is 9.81. The van der Waals surface area contributed by atoms with Crippen molar-refractivity contribution in [2.75, 3.05) is 11.9 Å². The van der Waals surface area contributed by atoms with Gasteiger partial charge in [-0.2, -0.15) is 15.1 Å². The molecule has 2 aromatic heterocycles. The molecule has 0 amide bonds. The van der Waals surface area contributed by atoms with Crippen molar-refractivity contribution in [3.63, 3.8) is 0 Å². The SMILES string of the molecule is OC[C@@H](Cc1ccccc1)Nc1nc(Cl)nc2c1cnn2-c1ccccc1. The second-order valence-electron chi connectivity index (χ2n) is 6.18. The third-order valence-electron chi connectivity index (χ3n) is 4.29. The van der Waals surface area contributed by atoms with Crippen molar-refractivity contribution in [2.45, 2.75) is 12.5 Å². The molecule has 0 unspecified atom stereocenters. The van der Waals surface area contributed by atoms with Crippen molar-refractivity contribution in [1.29, 1.82) is 0 Å². The Morgan fingerprint density at radius 3 is 2.41 bits per heavy atom. The van der Waals surface area contributed by atoms with Gasteiger partial charge in [-0.1, -0.05) is 48.5 Å². The van der Waals surface area contributed by atoms with Gasteiger partial charge in [-0.05, 0) is 35.7 Å². The number of nitrogens with zero attached hydrogens (tertiary/aromatic N) is 4. The average Bonchev–Trinajstić information content (AvgIpc) is 3.13. The lowest BCUT2D eigenvalue weighted by Crippen LogP contribution is -2.27. The molecule has 2 aromatic carbocycles. The van der Waals surface area contributed by atoms with Gasteiger partial charge in [0.05, 0.1) is 29.9 Å². The Kier molecular flexibility index (Phi) is 5.00. The van der Waals surface area contributed by atoms with Gasteiger partial charge in [0.1, 0.15) is 5.82 Å². The number of aromatic nitrogens is 4. The molecular weight excluding hydrogens is 362 g/mol. The number of aliphatic hydroxyl groups excluding tert-OH is 1. The van der Waals surface area contributed by atoms with Gasteiger partial charge in [-0.15, -0.1) is 0 Å². The van der Waals surface area contributed by atoms with E-state index in [4.69, 9.17) is 11.6 Å². The van der Waals surface area contributed by atoms with Crippen LogP contribution >= 0.6 is 11.6 Å². The molecule has 0 aliphatic heterocycles. The second kappa shape index (κ2) is 7.73. The molecule has 4 aromatic rings. The van der Waals surface area contributed by atoms with Crippen molar-refractivity contribution in [3.05, 3.63) is 77.7 Å². The highest BCUT2D eigenvalue weighted by molar-refractivity contribution is 6.28. The normalized spacial score (nSPS) is 12.2. The van der Waals surface area contributed by atoms with Crippen molar-refractivity contribution >= 4 is 28.5 Å². The minimum atomic E-state index is -0.207. The van der Waals surface area contributed by atoms with Crippen LogP contribution in [0.2, 0.25) is 5.28 Å². The molecule has 1 atom stereocenters. The van der Waals surface area contributed by atoms with Crippen LogP contribution in [0.25, 0.3) is 16.7 Å². The first-order valence-corrected chi connectivity index (χ1v) is 9.00. The van der Waals surface area contributed by atoms with Gasteiger partial charge in [0.25, 0.3) is 0 Å². The molecule has 2 N–H and O–H groups in total. The molecule has 0 radical (unpaired) electrons. The molecule has 136 valence electrons. The molecule has 4 rings (SSSR count). The van der Waals surface area contributed by atoms with Gasteiger partial charge in [0, 0.05) is 0 Å². The summed E-state index contributed by atoms with van der Waals surface area (Å²) in [7, 11) is 0. The van der Waals surface area contributed by atoms with Crippen LogP contribution in [0.4, 0.5) is 5.82 Å². The summed E-state index contributed by atoms with van der Waals surface area (Å²) in [4.78, 5) is 8.66. The predicted octanol–water partition coefficient (Wildman–Crippen LogP) is 3.48. The minimum Gasteiger partial charge on any atom is -0.394 e. The number of benzene rings is 2. The standard InChI is InChI=1S/C20H18ClN5O/c21-20-24-18(23-15(13-27)11-14-7-3-1-4-8-14)17-12-22-26(19(17)25-20)16-9-5-2-6-10-16/h1-10,12,15,27H,11,13H2,(H,23,24,25)/t15-/m1/s1. The van der Waals surface area contributed by atoms with Gasteiger partial charge in [-0.3, -0.25) is 0 Å². The average molecular weight is 380 g/mol. The maximum Gasteiger partial charge on any atom is 0.226 e. The Balaban J connectivity index is 1.68. The molecule has 0 spiro atoms. The van der Waals surface area contributed by atoms with E-state index in [0.29, 0.717) is 17.9 Å². The largest absolute Gasteiger partial charge is 0.394 e. The molecule has 0 fully saturated rings. The number of nitrogens with one attached hydrogen (secondary N) is 1. The van der Waals surface area contributed by atoms with E-state index in [1.165, 1.54) is 0 Å². The quantitative estimate of drug-likeness (QED) is 0.501. The fourth-order valence-corrected chi connectivity index (χ4v) is 3.17. The van der Waals surface area contributed by atoms with Crippen LogP contribution < -0.4 is 5.32 Å². The lowest BCUT2D eigenvalue weighted by molar-refractivity contribution is 0.273. The molecule has 6 nitrogen and oxygen atoms in total. The Morgan fingerprint density at radius 1 is 1.00 bits per heavy atom. The van der Waals surface area contributed by atoms with Gasteiger partial charge < -0.3 is 10.4 Å². The Bertz CT molecular complexity index is 1040. The zero-order valence-electron chi connectivity index (χ0n) is 14.5. The highest BCUT2D eigenvalue weighted by atomic mass is 35.5. The number of fused-ring (bicyclic) bond motifs is 1. The first kappa shape index (κ1) is 17.5. The molecule has 0 saturated carbocycles. The fourth-order valence-electron chi connectivity index (χ4n) is 3.00. The topological polar surface area (TPSA) is 75.9 Å². The van der Waals surface area contributed by atoms with Crippen LogP contribution in [0, 0.1) is 0 Å². The summed E-state index contributed by atoms with van der Waals surface area (Å²) in [6.07, 6.45) is 2.37. The van der Waals surface area contributed by atoms with Crippen molar-refractivity contribution in [3.8, 4) is 5.69 Å². The molecule has 0 aliphatic rings. The van der Waals surface area contributed by atoms with E-state index in [1.807, 2.05) is 60.7 Å². The van der Waals surface area contributed by atoms with Crippen LogP contribution in [-0.2, 0) is 6.42 Å². The Morgan fingerprint density at radius 2 is 1.70 bits per heavy atom. The van der Waals surface area contributed by atoms with Gasteiger partial charge >= 0.3 is 0 Å². The number of hydrogen-bond donors (Lipinski definition) is 2. The number of aliphatic hydroxyl groups is 1. The van der Waals surface area contributed by atoms with E-state index in [0.717, 1.165) is 16.6 Å². The third-order valence-corrected chi connectivity index (χ3v) is 4.46. The molecular formula is C20H18ClN5O. The third kappa shape index (κ3) is 3.77. The predicted molar refractivity (Wildman–Crippen MR) is 106 cm³/mol.